The van der Waals surface area contributed by atoms with Crippen molar-refractivity contribution in [1.82, 2.24) is 24.7 Å². The molecule has 9 nitrogen and oxygen atoms in total. The second-order valence-electron chi connectivity index (χ2n) is 7.70. The van der Waals surface area contributed by atoms with Gasteiger partial charge in [0.05, 0.1) is 11.0 Å². The zero-order chi connectivity index (χ0) is 20.6. The number of urea groups is 1. The van der Waals surface area contributed by atoms with Gasteiger partial charge in [0.25, 0.3) is 5.91 Å². The summed E-state index contributed by atoms with van der Waals surface area (Å²) >= 11 is 0. The highest BCUT2D eigenvalue weighted by molar-refractivity contribution is 6.07. The van der Waals surface area contributed by atoms with Gasteiger partial charge in [-0.3, -0.25) is 24.0 Å². The van der Waals surface area contributed by atoms with Crippen LogP contribution < -0.4 is 16.3 Å². The fraction of sp³-hybridized carbons (Fsp3) is 0.500. The predicted octanol–water partition coefficient (Wildman–Crippen LogP) is 0.804. The number of hydrogen-bond acceptors (Lipinski definition) is 4. The lowest BCUT2D eigenvalue weighted by molar-refractivity contribution is -0.136. The Morgan fingerprint density at radius 3 is 2.21 bits per heavy atom. The molecule has 9 heteroatoms. The minimum absolute atomic E-state index is 0.0520. The summed E-state index contributed by atoms with van der Waals surface area (Å²) in [6.45, 7) is 3.78. The van der Waals surface area contributed by atoms with Gasteiger partial charge in [-0.1, -0.05) is 19.1 Å². The Morgan fingerprint density at radius 2 is 1.66 bits per heavy atom. The van der Waals surface area contributed by atoms with Crippen LogP contribution in [0.25, 0.3) is 11.0 Å². The number of aromatic nitrogens is 2. The number of nitrogens with one attached hydrogen (secondary N) is 2. The fourth-order valence-corrected chi connectivity index (χ4v) is 4.31. The van der Waals surface area contributed by atoms with E-state index in [4.69, 9.17) is 0 Å². The highest BCUT2D eigenvalue weighted by Crippen LogP contribution is 2.26. The molecule has 0 unspecified atom stereocenters. The van der Waals surface area contributed by atoms with Crippen LogP contribution in [0.5, 0.6) is 0 Å². The first-order valence-electron chi connectivity index (χ1n) is 10.0. The third-order valence-corrected chi connectivity index (χ3v) is 5.91. The van der Waals surface area contributed by atoms with Gasteiger partial charge in [-0.25, -0.2) is 9.59 Å². The topological polar surface area (TPSA) is 105 Å². The Hall–Kier alpha value is -3.10. The summed E-state index contributed by atoms with van der Waals surface area (Å²) in [7, 11) is 0. The number of aryl methyl sites for hydroxylation is 2. The lowest BCUT2D eigenvalue weighted by atomic mass is 9.87. The van der Waals surface area contributed by atoms with E-state index in [1.54, 1.807) is 14.0 Å². The van der Waals surface area contributed by atoms with Gasteiger partial charge in [0.1, 0.15) is 5.54 Å². The van der Waals surface area contributed by atoms with E-state index in [0.717, 1.165) is 17.5 Å². The maximum absolute atomic E-state index is 12.8. The van der Waals surface area contributed by atoms with Crippen LogP contribution in [0.3, 0.4) is 0 Å². The molecule has 4 amide bonds. The van der Waals surface area contributed by atoms with E-state index in [1.165, 1.54) is 0 Å². The van der Waals surface area contributed by atoms with Crippen LogP contribution in [0.4, 0.5) is 4.79 Å². The van der Waals surface area contributed by atoms with E-state index in [2.05, 4.69) is 10.6 Å². The van der Waals surface area contributed by atoms with Gasteiger partial charge < -0.3 is 10.2 Å². The molecule has 1 spiro atoms. The lowest BCUT2D eigenvalue weighted by Gasteiger charge is -2.37. The van der Waals surface area contributed by atoms with Crippen LogP contribution in [-0.2, 0) is 22.7 Å². The quantitative estimate of drug-likeness (QED) is 0.726. The SMILES string of the molecule is CCCn1c(=O)n(CCC(=O)N2CCC3(CC2)NC(=O)NC3=O)c2ccccc21. The first kappa shape index (κ1) is 19.2. The number of carbonyl (C=O) groups excluding carboxylic acids is 3. The first-order chi connectivity index (χ1) is 13.9. The van der Waals surface area contributed by atoms with Gasteiger partial charge in [0, 0.05) is 32.6 Å². The molecule has 1 aromatic heterocycles. The van der Waals surface area contributed by atoms with Crippen molar-refractivity contribution in [1.29, 1.82) is 0 Å². The molecule has 2 aliphatic rings. The molecule has 0 radical (unpaired) electrons. The molecule has 29 heavy (non-hydrogen) atoms. The van der Waals surface area contributed by atoms with Crippen LogP contribution in [-0.4, -0.2) is 50.5 Å². The molecule has 0 atom stereocenters. The minimum atomic E-state index is -0.891. The number of imidazole rings is 1. The molecule has 2 aliphatic heterocycles. The first-order valence-corrected chi connectivity index (χ1v) is 10.0. The number of hydrogen-bond donors (Lipinski definition) is 2. The van der Waals surface area contributed by atoms with E-state index < -0.39 is 11.6 Å². The van der Waals surface area contributed by atoms with Gasteiger partial charge >= 0.3 is 11.7 Å². The van der Waals surface area contributed by atoms with E-state index >= 15 is 0 Å². The standard InChI is InChI=1S/C20H25N5O4/c1-2-10-24-14-5-3-4-6-15(14)25(19(24)29)11-7-16(26)23-12-8-20(9-13-23)17(27)21-18(28)22-20/h3-6H,2,7-13H2,1H3,(H2,21,22,27,28). The number of para-hydroxylation sites is 2. The number of benzene rings is 1. The Bertz CT molecular complexity index is 1030. The van der Waals surface area contributed by atoms with Crippen LogP contribution in [0.15, 0.2) is 29.1 Å². The minimum Gasteiger partial charge on any atom is -0.342 e. The largest absolute Gasteiger partial charge is 0.342 e. The van der Waals surface area contributed by atoms with Gasteiger partial charge in [-0.15, -0.1) is 0 Å². The van der Waals surface area contributed by atoms with Gasteiger partial charge in [0.15, 0.2) is 0 Å². The Labute approximate surface area is 167 Å². The Kier molecular flexibility index (Phi) is 4.89. The fourth-order valence-electron chi connectivity index (χ4n) is 4.31. The van der Waals surface area contributed by atoms with E-state index in [9.17, 15) is 19.2 Å². The number of rotatable bonds is 5. The summed E-state index contributed by atoms with van der Waals surface area (Å²) in [6, 6.07) is 7.15. The molecule has 2 N–H and O–H groups in total. The molecule has 4 rings (SSSR count). The zero-order valence-electron chi connectivity index (χ0n) is 16.4. The Balaban J connectivity index is 1.43. The van der Waals surface area contributed by atoms with Gasteiger partial charge in [0.2, 0.25) is 5.91 Å². The maximum atomic E-state index is 12.8. The van der Waals surface area contributed by atoms with Crippen LogP contribution in [0.2, 0.25) is 0 Å². The molecular weight excluding hydrogens is 374 g/mol. The molecular formula is C20H25N5O4. The summed E-state index contributed by atoms with van der Waals surface area (Å²) in [6.07, 6.45) is 1.86. The molecule has 2 aromatic rings. The molecule has 154 valence electrons. The van der Waals surface area contributed by atoms with Gasteiger partial charge in [-0.2, -0.15) is 0 Å². The smallest absolute Gasteiger partial charge is 0.329 e. The van der Waals surface area contributed by atoms with Crippen LogP contribution in [0, 0.1) is 0 Å². The van der Waals surface area contributed by atoms with E-state index in [-0.39, 0.29) is 23.9 Å². The van der Waals surface area contributed by atoms with Crippen molar-refractivity contribution < 1.29 is 14.4 Å². The number of amides is 4. The summed E-state index contributed by atoms with van der Waals surface area (Å²) in [4.78, 5) is 50.7. The molecule has 0 aliphatic carbocycles. The second-order valence-corrected chi connectivity index (χ2v) is 7.70. The molecule has 0 bridgehead atoms. The predicted molar refractivity (Wildman–Crippen MR) is 106 cm³/mol. The van der Waals surface area contributed by atoms with E-state index in [0.29, 0.717) is 39.0 Å². The average Bonchev–Trinajstić information content (AvgIpc) is 3.14. The van der Waals surface area contributed by atoms with Gasteiger partial charge in [-0.05, 0) is 31.4 Å². The second kappa shape index (κ2) is 7.38. The normalized spacial score (nSPS) is 18.3. The zero-order valence-corrected chi connectivity index (χ0v) is 16.4. The van der Waals surface area contributed by atoms with Crippen LogP contribution >= 0.6 is 0 Å². The van der Waals surface area contributed by atoms with Crippen molar-refractivity contribution in [2.45, 2.75) is 51.2 Å². The van der Waals surface area contributed by atoms with Crippen molar-refractivity contribution >= 4 is 28.9 Å². The van der Waals surface area contributed by atoms with Crippen molar-refractivity contribution in [3.8, 4) is 0 Å². The monoisotopic (exact) mass is 399 g/mol. The summed E-state index contributed by atoms with van der Waals surface area (Å²) in [5.41, 5.74) is 0.735. The number of fused-ring (bicyclic) bond motifs is 1. The third kappa shape index (κ3) is 3.30. The average molecular weight is 399 g/mol. The number of nitrogens with zero attached hydrogens (tertiary/aromatic N) is 3. The lowest BCUT2D eigenvalue weighted by Crippen LogP contribution is -2.55. The van der Waals surface area contributed by atoms with Crippen molar-refractivity contribution in [2.24, 2.45) is 0 Å². The third-order valence-electron chi connectivity index (χ3n) is 5.91. The molecule has 0 saturated carbocycles. The number of imide groups is 1. The molecule has 2 fully saturated rings. The Morgan fingerprint density at radius 1 is 1.03 bits per heavy atom. The number of carbonyl (C=O) groups is 3. The van der Waals surface area contributed by atoms with Crippen molar-refractivity contribution in [3.05, 3.63) is 34.7 Å². The molecule has 3 heterocycles. The van der Waals surface area contributed by atoms with Crippen LogP contribution in [0.1, 0.15) is 32.6 Å². The maximum Gasteiger partial charge on any atom is 0.329 e. The summed E-state index contributed by atoms with van der Waals surface area (Å²) in [5, 5.41) is 4.96. The van der Waals surface area contributed by atoms with Crippen molar-refractivity contribution in [2.75, 3.05) is 13.1 Å². The highest BCUT2D eigenvalue weighted by atomic mass is 16.2. The summed E-state index contributed by atoms with van der Waals surface area (Å²) in [5.74, 6) is -0.367. The molecule has 1 aromatic carbocycles. The number of likely N-dealkylation sites (tertiary alicyclic amines) is 1. The molecule has 2 saturated heterocycles. The highest BCUT2D eigenvalue weighted by Gasteiger charge is 2.48. The number of piperidine rings is 1. The van der Waals surface area contributed by atoms with E-state index in [1.807, 2.05) is 31.2 Å². The summed E-state index contributed by atoms with van der Waals surface area (Å²) < 4.78 is 3.42. The van der Waals surface area contributed by atoms with Crippen molar-refractivity contribution in [3.63, 3.8) is 0 Å².